The van der Waals surface area contributed by atoms with Crippen molar-refractivity contribution in [1.29, 1.82) is 0 Å². The second-order valence-electron chi connectivity index (χ2n) is 8.34. The van der Waals surface area contributed by atoms with Crippen molar-refractivity contribution in [2.24, 2.45) is 0 Å². The van der Waals surface area contributed by atoms with Crippen LogP contribution in [0.15, 0.2) is 54.7 Å². The van der Waals surface area contributed by atoms with Crippen LogP contribution in [0.3, 0.4) is 0 Å². The Kier molecular flexibility index (Phi) is 5.86. The maximum atomic E-state index is 13.8. The zero-order valence-corrected chi connectivity index (χ0v) is 17.6. The number of rotatable bonds is 6. The monoisotopic (exact) mass is 408 g/mol. The van der Waals surface area contributed by atoms with Crippen molar-refractivity contribution in [2.45, 2.75) is 51.2 Å². The molecule has 2 aliphatic rings. The summed E-state index contributed by atoms with van der Waals surface area (Å²) in [6.07, 6.45) is 8.30. The third-order valence-corrected chi connectivity index (χ3v) is 6.14. The maximum absolute atomic E-state index is 13.8. The summed E-state index contributed by atoms with van der Waals surface area (Å²) in [6.45, 7) is 6.95. The van der Waals surface area contributed by atoms with Gasteiger partial charge in [0.1, 0.15) is 11.6 Å². The Bertz CT molecular complexity index is 929. The third kappa shape index (κ3) is 4.10. The van der Waals surface area contributed by atoms with Crippen LogP contribution < -0.4 is 10.2 Å². The second kappa shape index (κ2) is 8.56. The molecule has 4 rings (SSSR count). The number of hydrogen-bond donors (Lipinski definition) is 1. The number of amides is 1. The highest BCUT2D eigenvalue weighted by molar-refractivity contribution is 6.06. The van der Waals surface area contributed by atoms with E-state index >= 15 is 0 Å². The molecule has 0 saturated carbocycles. The molecule has 2 aliphatic heterocycles. The van der Waals surface area contributed by atoms with Gasteiger partial charge < -0.3 is 5.32 Å². The first kappa shape index (κ1) is 20.5. The number of anilines is 2. The molecule has 30 heavy (non-hydrogen) atoms. The highest BCUT2D eigenvalue weighted by Crippen LogP contribution is 2.40. The molecule has 6 heteroatoms. The fourth-order valence-corrected chi connectivity index (χ4v) is 4.59. The fourth-order valence-electron chi connectivity index (χ4n) is 4.59. The fraction of sp³-hybridized carbons (Fsp3) is 0.417. The van der Waals surface area contributed by atoms with E-state index in [9.17, 15) is 9.18 Å². The minimum atomic E-state index is -0.382. The van der Waals surface area contributed by atoms with Gasteiger partial charge in [0.05, 0.1) is 5.54 Å². The Balaban J connectivity index is 1.45. The topological polar surface area (TPSA) is 48.5 Å². The SMILES string of the molecule is CCCNc1ccc(CN2CC[C@@]3(C=CC(=O)N3c3cccc(F)c3)C[C@H]2C)cn1. The molecule has 1 amide bonds. The summed E-state index contributed by atoms with van der Waals surface area (Å²) in [5.74, 6) is 0.518. The highest BCUT2D eigenvalue weighted by Gasteiger charge is 2.46. The van der Waals surface area contributed by atoms with Gasteiger partial charge in [0.2, 0.25) is 0 Å². The number of benzene rings is 1. The van der Waals surface area contributed by atoms with E-state index in [2.05, 4.69) is 35.1 Å². The lowest BCUT2D eigenvalue weighted by Gasteiger charge is -2.47. The molecule has 0 radical (unpaired) electrons. The van der Waals surface area contributed by atoms with E-state index in [1.807, 2.05) is 24.4 Å². The van der Waals surface area contributed by atoms with Crippen LogP contribution in [0.1, 0.15) is 38.7 Å². The van der Waals surface area contributed by atoms with Crippen molar-refractivity contribution in [3.8, 4) is 0 Å². The smallest absolute Gasteiger partial charge is 0.251 e. The Morgan fingerprint density at radius 2 is 2.17 bits per heavy atom. The van der Waals surface area contributed by atoms with Gasteiger partial charge in [0.15, 0.2) is 0 Å². The average molecular weight is 409 g/mol. The first-order chi connectivity index (χ1) is 14.5. The van der Waals surface area contributed by atoms with Gasteiger partial charge in [-0.05, 0) is 56.0 Å². The Morgan fingerprint density at radius 1 is 1.30 bits per heavy atom. The summed E-state index contributed by atoms with van der Waals surface area (Å²) >= 11 is 0. The Hall–Kier alpha value is -2.73. The van der Waals surface area contributed by atoms with Gasteiger partial charge in [-0.1, -0.05) is 25.1 Å². The summed E-state index contributed by atoms with van der Waals surface area (Å²) < 4.78 is 13.8. The van der Waals surface area contributed by atoms with Gasteiger partial charge in [-0.15, -0.1) is 0 Å². The van der Waals surface area contributed by atoms with Crippen LogP contribution in [0, 0.1) is 5.82 Å². The molecule has 2 atom stereocenters. The number of halogens is 1. The molecule has 3 heterocycles. The first-order valence-corrected chi connectivity index (χ1v) is 10.7. The summed E-state index contributed by atoms with van der Waals surface area (Å²) in [4.78, 5) is 21.4. The lowest BCUT2D eigenvalue weighted by molar-refractivity contribution is -0.114. The van der Waals surface area contributed by atoms with Gasteiger partial charge in [-0.25, -0.2) is 9.37 Å². The van der Waals surface area contributed by atoms with Gasteiger partial charge in [-0.3, -0.25) is 14.6 Å². The summed E-state index contributed by atoms with van der Waals surface area (Å²) in [7, 11) is 0. The first-order valence-electron chi connectivity index (χ1n) is 10.7. The Labute approximate surface area is 177 Å². The standard InChI is InChI=1S/C24H29FN4O/c1-3-12-26-22-8-7-19(16-27-22)17-28-13-11-24(15-18(28)2)10-9-23(30)29(24)21-6-4-5-20(25)14-21/h4-10,14,16,18H,3,11-13,15,17H2,1-2H3,(H,26,27)/t18-,24+/m1/s1. The van der Waals surface area contributed by atoms with Gasteiger partial charge in [-0.2, -0.15) is 0 Å². The predicted molar refractivity (Wildman–Crippen MR) is 118 cm³/mol. The normalized spacial score (nSPS) is 24.0. The van der Waals surface area contributed by atoms with Crippen LogP contribution in [0.4, 0.5) is 15.9 Å². The number of aromatic nitrogens is 1. The number of pyridine rings is 1. The maximum Gasteiger partial charge on any atom is 0.251 e. The van der Waals surface area contributed by atoms with Crippen molar-refractivity contribution < 1.29 is 9.18 Å². The minimum Gasteiger partial charge on any atom is -0.370 e. The summed E-state index contributed by atoms with van der Waals surface area (Å²) in [6, 6.07) is 10.8. The molecule has 158 valence electrons. The van der Waals surface area contributed by atoms with Crippen LogP contribution >= 0.6 is 0 Å². The number of nitrogens with zero attached hydrogens (tertiary/aromatic N) is 3. The van der Waals surface area contributed by atoms with Crippen LogP contribution in [0.2, 0.25) is 0 Å². The number of carbonyl (C=O) groups is 1. The summed E-state index contributed by atoms with van der Waals surface area (Å²) in [5, 5.41) is 3.30. The molecule has 0 unspecified atom stereocenters. The van der Waals surface area contributed by atoms with E-state index in [1.165, 1.54) is 17.7 Å². The number of hydrogen-bond acceptors (Lipinski definition) is 4. The van der Waals surface area contributed by atoms with E-state index in [0.717, 1.165) is 44.7 Å². The molecule has 0 bridgehead atoms. The molecular weight excluding hydrogens is 379 g/mol. The van der Waals surface area contributed by atoms with Gasteiger partial charge in [0.25, 0.3) is 5.91 Å². The molecule has 2 aromatic rings. The number of likely N-dealkylation sites (tertiary alicyclic amines) is 1. The van der Waals surface area contributed by atoms with Crippen LogP contribution in [0.5, 0.6) is 0 Å². The predicted octanol–water partition coefficient (Wildman–Crippen LogP) is 4.37. The van der Waals surface area contributed by atoms with E-state index in [0.29, 0.717) is 5.69 Å². The Morgan fingerprint density at radius 3 is 2.87 bits per heavy atom. The molecule has 1 aromatic carbocycles. The molecule has 1 N–H and O–H groups in total. The summed E-state index contributed by atoms with van der Waals surface area (Å²) in [5.41, 5.74) is 1.43. The van der Waals surface area contributed by atoms with Crippen molar-refractivity contribution in [3.63, 3.8) is 0 Å². The number of nitrogens with one attached hydrogen (secondary N) is 1. The van der Waals surface area contributed by atoms with E-state index in [4.69, 9.17) is 0 Å². The number of carbonyl (C=O) groups excluding carboxylic acids is 1. The largest absolute Gasteiger partial charge is 0.370 e. The zero-order valence-electron chi connectivity index (χ0n) is 17.6. The molecule has 0 aliphatic carbocycles. The average Bonchev–Trinajstić information content (AvgIpc) is 3.05. The van der Waals surface area contributed by atoms with Gasteiger partial charge >= 0.3 is 0 Å². The van der Waals surface area contributed by atoms with Crippen LogP contribution in [-0.2, 0) is 11.3 Å². The molecule has 1 spiro atoms. The minimum absolute atomic E-state index is 0.0689. The van der Waals surface area contributed by atoms with Crippen molar-refractivity contribution >= 4 is 17.4 Å². The molecule has 1 aromatic heterocycles. The highest BCUT2D eigenvalue weighted by atomic mass is 19.1. The van der Waals surface area contributed by atoms with E-state index < -0.39 is 0 Å². The van der Waals surface area contributed by atoms with Crippen LogP contribution in [0.25, 0.3) is 0 Å². The van der Waals surface area contributed by atoms with Crippen molar-refractivity contribution in [2.75, 3.05) is 23.3 Å². The lowest BCUT2D eigenvalue weighted by atomic mass is 9.82. The molecular formula is C24H29FN4O. The second-order valence-corrected chi connectivity index (χ2v) is 8.34. The molecule has 1 fully saturated rings. The molecule has 5 nitrogen and oxygen atoms in total. The van der Waals surface area contributed by atoms with E-state index in [1.54, 1.807) is 17.0 Å². The van der Waals surface area contributed by atoms with Crippen molar-refractivity contribution in [3.05, 3.63) is 66.1 Å². The van der Waals surface area contributed by atoms with E-state index in [-0.39, 0.29) is 23.3 Å². The third-order valence-electron chi connectivity index (χ3n) is 6.14. The quantitative estimate of drug-likeness (QED) is 0.771. The molecule has 1 saturated heterocycles. The zero-order chi connectivity index (χ0) is 21.1. The van der Waals surface area contributed by atoms with Gasteiger partial charge in [0, 0.05) is 43.6 Å². The van der Waals surface area contributed by atoms with Crippen molar-refractivity contribution in [1.82, 2.24) is 9.88 Å². The lowest BCUT2D eigenvalue weighted by Crippen LogP contribution is -2.56. The number of piperidine rings is 1. The van der Waals surface area contributed by atoms with Crippen LogP contribution in [-0.4, -0.2) is 40.5 Å².